The number of nitrogens with one attached hydrogen (secondary N) is 1. The number of halogens is 2. The van der Waals surface area contributed by atoms with Crippen LogP contribution in [0.4, 0.5) is 8.78 Å². The van der Waals surface area contributed by atoms with E-state index in [1.807, 2.05) is 0 Å². The molecule has 5 atom stereocenters. The third-order valence-corrected chi connectivity index (χ3v) is 6.09. The van der Waals surface area contributed by atoms with Crippen molar-refractivity contribution in [1.29, 1.82) is 0 Å². The van der Waals surface area contributed by atoms with Crippen LogP contribution in [-0.2, 0) is 4.74 Å². The summed E-state index contributed by atoms with van der Waals surface area (Å²) in [7, 11) is 2.19. The van der Waals surface area contributed by atoms with Crippen LogP contribution in [0.5, 0.6) is 0 Å². The Labute approximate surface area is 147 Å². The standard InChI is InChI=1S/C19H27F2N3O/c1-24-8-11-4-14(5-12(11)9-24)23-15-7-18(22)19(25-10-15)16-6-13(20)2-3-17(16)21/h2-3,6,11-12,14-15,18-19,23H,4-5,7-10,22H2,1H3/t11?,12?,14?,15-,18+,19-/m1/s1. The lowest BCUT2D eigenvalue weighted by Gasteiger charge is -2.36. The molecule has 6 heteroatoms. The van der Waals surface area contributed by atoms with E-state index in [1.165, 1.54) is 32.0 Å². The Morgan fingerprint density at radius 1 is 1.12 bits per heavy atom. The maximum atomic E-state index is 14.0. The van der Waals surface area contributed by atoms with Gasteiger partial charge in [0.1, 0.15) is 17.7 Å². The number of hydrogen-bond donors (Lipinski definition) is 2. The van der Waals surface area contributed by atoms with Gasteiger partial charge in [-0.3, -0.25) is 0 Å². The molecule has 25 heavy (non-hydrogen) atoms. The van der Waals surface area contributed by atoms with Crippen LogP contribution in [0.2, 0.25) is 0 Å². The number of fused-ring (bicyclic) bond motifs is 1. The fourth-order valence-corrected chi connectivity index (χ4v) is 5.04. The highest BCUT2D eigenvalue weighted by Gasteiger charge is 2.41. The molecule has 3 fully saturated rings. The Hall–Kier alpha value is -1.08. The highest BCUT2D eigenvalue weighted by Crippen LogP contribution is 2.38. The van der Waals surface area contributed by atoms with Crippen molar-refractivity contribution in [3.63, 3.8) is 0 Å². The van der Waals surface area contributed by atoms with Gasteiger partial charge in [-0.15, -0.1) is 0 Å². The first-order valence-corrected chi connectivity index (χ1v) is 9.26. The largest absolute Gasteiger partial charge is 0.370 e. The molecule has 2 saturated heterocycles. The topological polar surface area (TPSA) is 50.5 Å². The van der Waals surface area contributed by atoms with Crippen molar-refractivity contribution in [3.8, 4) is 0 Å². The molecule has 138 valence electrons. The summed E-state index contributed by atoms with van der Waals surface area (Å²) in [5.74, 6) is 0.681. The van der Waals surface area contributed by atoms with Gasteiger partial charge in [0.25, 0.3) is 0 Å². The van der Waals surface area contributed by atoms with Crippen molar-refractivity contribution in [2.45, 2.75) is 43.5 Å². The molecule has 1 aromatic carbocycles. The molecule has 3 aliphatic rings. The van der Waals surface area contributed by atoms with Gasteiger partial charge in [0.2, 0.25) is 0 Å². The van der Waals surface area contributed by atoms with E-state index >= 15 is 0 Å². The molecule has 2 heterocycles. The van der Waals surface area contributed by atoms with Crippen molar-refractivity contribution >= 4 is 0 Å². The minimum atomic E-state index is -0.578. The molecule has 0 amide bonds. The van der Waals surface area contributed by atoms with Gasteiger partial charge in [-0.05, 0) is 56.3 Å². The number of rotatable bonds is 3. The molecule has 4 nitrogen and oxygen atoms in total. The number of hydrogen-bond acceptors (Lipinski definition) is 4. The smallest absolute Gasteiger partial charge is 0.129 e. The fraction of sp³-hybridized carbons (Fsp3) is 0.684. The average Bonchev–Trinajstić information content (AvgIpc) is 3.07. The summed E-state index contributed by atoms with van der Waals surface area (Å²) in [5.41, 5.74) is 6.47. The molecule has 4 rings (SSSR count). The normalized spacial score (nSPS) is 38.9. The highest BCUT2D eigenvalue weighted by molar-refractivity contribution is 5.23. The maximum Gasteiger partial charge on any atom is 0.129 e. The molecule has 3 N–H and O–H groups in total. The van der Waals surface area contributed by atoms with Gasteiger partial charge >= 0.3 is 0 Å². The second-order valence-corrected chi connectivity index (χ2v) is 8.09. The van der Waals surface area contributed by atoms with Crippen LogP contribution in [0.1, 0.15) is 30.9 Å². The molecule has 1 aromatic rings. The monoisotopic (exact) mass is 351 g/mol. The molecule has 1 saturated carbocycles. The number of nitrogens with two attached hydrogens (primary N) is 1. The minimum Gasteiger partial charge on any atom is -0.370 e. The first-order valence-electron chi connectivity index (χ1n) is 9.26. The predicted octanol–water partition coefficient (Wildman–Crippen LogP) is 2.05. The van der Waals surface area contributed by atoms with Gasteiger partial charge in [-0.1, -0.05) is 0 Å². The van der Waals surface area contributed by atoms with Crippen LogP contribution >= 0.6 is 0 Å². The van der Waals surface area contributed by atoms with Crippen molar-refractivity contribution < 1.29 is 13.5 Å². The molecule has 0 spiro atoms. The molecular weight excluding hydrogens is 324 g/mol. The summed E-state index contributed by atoms with van der Waals surface area (Å²) >= 11 is 0. The SMILES string of the molecule is CN1CC2CC(N[C@H]3CO[C@H](c4cc(F)ccc4F)[C@@H](N)C3)CC2C1. The number of nitrogens with zero attached hydrogens (tertiary/aromatic N) is 1. The summed E-state index contributed by atoms with van der Waals surface area (Å²) in [6.07, 6.45) is 2.56. The van der Waals surface area contributed by atoms with E-state index < -0.39 is 17.7 Å². The summed E-state index contributed by atoms with van der Waals surface area (Å²) in [6.45, 7) is 2.88. The zero-order chi connectivity index (χ0) is 17.6. The molecule has 0 bridgehead atoms. The summed E-state index contributed by atoms with van der Waals surface area (Å²) in [5, 5.41) is 3.70. The van der Waals surface area contributed by atoms with Crippen LogP contribution in [0, 0.1) is 23.5 Å². The van der Waals surface area contributed by atoms with Crippen LogP contribution in [-0.4, -0.2) is 49.8 Å². The number of likely N-dealkylation sites (tertiary alicyclic amines) is 1. The van der Waals surface area contributed by atoms with E-state index in [0.29, 0.717) is 19.1 Å². The lowest BCUT2D eigenvalue weighted by Crippen LogP contribution is -2.50. The van der Waals surface area contributed by atoms with E-state index in [2.05, 4.69) is 17.3 Å². The average molecular weight is 351 g/mol. The second kappa shape index (κ2) is 6.91. The lowest BCUT2D eigenvalue weighted by molar-refractivity contribution is -0.0224. The Kier molecular flexibility index (Phi) is 4.79. The van der Waals surface area contributed by atoms with Gasteiger partial charge in [-0.2, -0.15) is 0 Å². The van der Waals surface area contributed by atoms with Gasteiger partial charge < -0.3 is 20.7 Å². The third kappa shape index (κ3) is 3.58. The van der Waals surface area contributed by atoms with Gasteiger partial charge in [0.05, 0.1) is 6.61 Å². The Morgan fingerprint density at radius 3 is 2.52 bits per heavy atom. The van der Waals surface area contributed by atoms with Crippen LogP contribution in [0.25, 0.3) is 0 Å². The van der Waals surface area contributed by atoms with Crippen LogP contribution in [0.15, 0.2) is 18.2 Å². The molecule has 2 unspecified atom stereocenters. The molecular formula is C19H27F2N3O. The van der Waals surface area contributed by atoms with Crippen LogP contribution in [0.3, 0.4) is 0 Å². The first kappa shape index (κ1) is 17.3. The van der Waals surface area contributed by atoms with Crippen molar-refractivity contribution in [3.05, 3.63) is 35.4 Å². The zero-order valence-corrected chi connectivity index (χ0v) is 14.6. The van der Waals surface area contributed by atoms with Crippen molar-refractivity contribution in [2.24, 2.45) is 17.6 Å². The van der Waals surface area contributed by atoms with E-state index in [9.17, 15) is 8.78 Å². The third-order valence-electron chi connectivity index (χ3n) is 6.09. The molecule has 0 radical (unpaired) electrons. The van der Waals surface area contributed by atoms with E-state index in [-0.39, 0.29) is 17.6 Å². The lowest BCUT2D eigenvalue weighted by atomic mass is 9.93. The second-order valence-electron chi connectivity index (χ2n) is 8.09. The molecule has 0 aromatic heterocycles. The van der Waals surface area contributed by atoms with E-state index in [1.54, 1.807) is 0 Å². The fourth-order valence-electron chi connectivity index (χ4n) is 5.04. The summed E-state index contributed by atoms with van der Waals surface area (Å²) in [6, 6.07) is 3.82. The van der Waals surface area contributed by atoms with Crippen LogP contribution < -0.4 is 11.1 Å². The zero-order valence-electron chi connectivity index (χ0n) is 14.6. The van der Waals surface area contributed by atoms with Gasteiger partial charge in [0.15, 0.2) is 0 Å². The Bertz CT molecular complexity index is 615. The minimum absolute atomic E-state index is 0.185. The number of benzene rings is 1. The van der Waals surface area contributed by atoms with Crippen molar-refractivity contribution in [2.75, 3.05) is 26.7 Å². The van der Waals surface area contributed by atoms with E-state index in [4.69, 9.17) is 10.5 Å². The summed E-state index contributed by atoms with van der Waals surface area (Å²) < 4.78 is 33.3. The molecule has 2 aliphatic heterocycles. The molecule has 1 aliphatic carbocycles. The highest BCUT2D eigenvalue weighted by atomic mass is 19.1. The Balaban J connectivity index is 1.34. The summed E-state index contributed by atoms with van der Waals surface area (Å²) in [4.78, 5) is 2.42. The number of ether oxygens (including phenoxy) is 1. The van der Waals surface area contributed by atoms with Gasteiger partial charge in [-0.25, -0.2) is 8.78 Å². The quantitative estimate of drug-likeness (QED) is 0.875. The maximum absolute atomic E-state index is 14.0. The van der Waals surface area contributed by atoms with E-state index in [0.717, 1.165) is 24.0 Å². The Morgan fingerprint density at radius 2 is 1.84 bits per heavy atom. The van der Waals surface area contributed by atoms with Crippen molar-refractivity contribution in [1.82, 2.24) is 10.2 Å². The first-order chi connectivity index (χ1) is 12.0. The predicted molar refractivity (Wildman–Crippen MR) is 92.1 cm³/mol. The van der Waals surface area contributed by atoms with Gasteiger partial charge in [0, 0.05) is 36.8 Å².